The van der Waals surface area contributed by atoms with Crippen LogP contribution in [0.4, 0.5) is 10.1 Å². The zero-order valence-electron chi connectivity index (χ0n) is 12.1. The molecule has 2 aromatic rings. The molecule has 0 saturated heterocycles. The minimum atomic E-state index is -0.356. The largest absolute Gasteiger partial charge is 0.325 e. The Hall–Kier alpha value is -2.20. The van der Waals surface area contributed by atoms with Crippen molar-refractivity contribution in [2.24, 2.45) is 0 Å². The van der Waals surface area contributed by atoms with Crippen molar-refractivity contribution in [3.8, 4) is 0 Å². The quantitative estimate of drug-likeness (QED) is 0.883. The number of carbonyl (C=O) groups excluding carboxylic acids is 1. The highest BCUT2D eigenvalue weighted by molar-refractivity contribution is 5.94. The predicted octanol–water partition coefficient (Wildman–Crippen LogP) is 3.50. The number of rotatable bonds is 5. The van der Waals surface area contributed by atoms with E-state index in [1.165, 1.54) is 12.1 Å². The second kappa shape index (κ2) is 6.99. The molecule has 2 atom stereocenters. The lowest BCUT2D eigenvalue weighted by Crippen LogP contribution is -2.39. The summed E-state index contributed by atoms with van der Waals surface area (Å²) < 4.78 is 12.9. The fourth-order valence-electron chi connectivity index (χ4n) is 2.07. The van der Waals surface area contributed by atoms with E-state index in [-0.39, 0.29) is 23.8 Å². The molecular formula is C17H19FN2O. The van der Waals surface area contributed by atoms with E-state index in [2.05, 4.69) is 10.6 Å². The SMILES string of the molecule is CC(N[C@H](C)c1ccc(F)cc1)C(=O)Nc1ccccc1. The topological polar surface area (TPSA) is 41.1 Å². The molecule has 0 radical (unpaired) electrons. The lowest BCUT2D eigenvalue weighted by Gasteiger charge is -2.20. The van der Waals surface area contributed by atoms with Gasteiger partial charge in [0.25, 0.3) is 0 Å². The summed E-state index contributed by atoms with van der Waals surface area (Å²) in [5.41, 5.74) is 1.71. The Labute approximate surface area is 124 Å². The molecule has 2 rings (SSSR count). The minimum Gasteiger partial charge on any atom is -0.325 e. The zero-order valence-corrected chi connectivity index (χ0v) is 12.1. The van der Waals surface area contributed by atoms with Gasteiger partial charge >= 0.3 is 0 Å². The average Bonchev–Trinajstić information content (AvgIpc) is 2.48. The van der Waals surface area contributed by atoms with Gasteiger partial charge in [-0.2, -0.15) is 0 Å². The van der Waals surface area contributed by atoms with Crippen LogP contribution in [-0.2, 0) is 4.79 Å². The molecule has 110 valence electrons. The van der Waals surface area contributed by atoms with E-state index in [1.807, 2.05) is 37.3 Å². The average molecular weight is 286 g/mol. The number of halogens is 1. The van der Waals surface area contributed by atoms with E-state index < -0.39 is 0 Å². The maximum absolute atomic E-state index is 12.9. The maximum atomic E-state index is 12.9. The normalized spacial score (nSPS) is 13.5. The summed E-state index contributed by atoms with van der Waals surface area (Å²) in [7, 11) is 0. The monoisotopic (exact) mass is 286 g/mol. The number of nitrogens with one attached hydrogen (secondary N) is 2. The smallest absolute Gasteiger partial charge is 0.241 e. The summed E-state index contributed by atoms with van der Waals surface area (Å²) in [6.07, 6.45) is 0. The molecule has 2 aromatic carbocycles. The molecule has 1 amide bonds. The van der Waals surface area contributed by atoms with Crippen molar-refractivity contribution in [2.45, 2.75) is 25.9 Å². The molecule has 1 unspecified atom stereocenters. The van der Waals surface area contributed by atoms with Crippen LogP contribution in [0.2, 0.25) is 0 Å². The van der Waals surface area contributed by atoms with Crippen LogP contribution in [0.25, 0.3) is 0 Å². The summed E-state index contributed by atoms with van der Waals surface area (Å²) in [5.74, 6) is -0.365. The van der Waals surface area contributed by atoms with Gasteiger partial charge in [-0.3, -0.25) is 10.1 Å². The Balaban J connectivity index is 1.92. The number of carbonyl (C=O) groups is 1. The van der Waals surface area contributed by atoms with Crippen molar-refractivity contribution < 1.29 is 9.18 Å². The fraction of sp³-hybridized carbons (Fsp3) is 0.235. The number of amides is 1. The number of benzene rings is 2. The second-order valence-electron chi connectivity index (χ2n) is 5.02. The van der Waals surface area contributed by atoms with Crippen LogP contribution in [0.15, 0.2) is 54.6 Å². The third-order valence-corrected chi connectivity index (χ3v) is 3.30. The van der Waals surface area contributed by atoms with E-state index in [9.17, 15) is 9.18 Å². The Kier molecular flexibility index (Phi) is 5.06. The molecule has 0 heterocycles. The van der Waals surface area contributed by atoms with Gasteiger partial charge in [-0.15, -0.1) is 0 Å². The van der Waals surface area contributed by atoms with E-state index in [4.69, 9.17) is 0 Å². The molecule has 0 bridgehead atoms. The van der Waals surface area contributed by atoms with E-state index >= 15 is 0 Å². The van der Waals surface area contributed by atoms with Crippen LogP contribution in [0.1, 0.15) is 25.5 Å². The molecule has 0 fully saturated rings. The maximum Gasteiger partial charge on any atom is 0.241 e. The molecular weight excluding hydrogens is 267 g/mol. The molecule has 0 aliphatic heterocycles. The van der Waals surface area contributed by atoms with Gasteiger partial charge < -0.3 is 5.32 Å². The van der Waals surface area contributed by atoms with Gasteiger partial charge in [0, 0.05) is 11.7 Å². The standard InChI is InChI=1S/C17H19FN2O/c1-12(14-8-10-15(18)11-9-14)19-13(2)17(21)20-16-6-4-3-5-7-16/h3-13,19H,1-2H3,(H,20,21)/t12-,13?/m1/s1. The Morgan fingerprint density at radius 1 is 1.00 bits per heavy atom. The molecule has 21 heavy (non-hydrogen) atoms. The van der Waals surface area contributed by atoms with Crippen molar-refractivity contribution in [3.05, 3.63) is 66.0 Å². The first-order valence-corrected chi connectivity index (χ1v) is 6.93. The van der Waals surface area contributed by atoms with Crippen molar-refractivity contribution in [1.82, 2.24) is 5.32 Å². The van der Waals surface area contributed by atoms with Crippen LogP contribution in [-0.4, -0.2) is 11.9 Å². The Bertz CT molecular complexity index is 583. The summed E-state index contributed by atoms with van der Waals surface area (Å²) in [4.78, 5) is 12.1. The highest BCUT2D eigenvalue weighted by Crippen LogP contribution is 2.14. The highest BCUT2D eigenvalue weighted by Gasteiger charge is 2.16. The summed E-state index contributed by atoms with van der Waals surface area (Å²) in [5, 5.41) is 6.05. The molecule has 0 aliphatic rings. The van der Waals surface area contributed by atoms with E-state index in [1.54, 1.807) is 19.1 Å². The van der Waals surface area contributed by atoms with Gasteiger partial charge in [0.05, 0.1) is 6.04 Å². The molecule has 0 spiro atoms. The first-order valence-electron chi connectivity index (χ1n) is 6.93. The van der Waals surface area contributed by atoms with E-state index in [0.717, 1.165) is 11.3 Å². The van der Waals surface area contributed by atoms with Crippen molar-refractivity contribution in [1.29, 1.82) is 0 Å². The van der Waals surface area contributed by atoms with Gasteiger partial charge in [0.15, 0.2) is 0 Å². The lowest BCUT2D eigenvalue weighted by atomic mass is 10.1. The van der Waals surface area contributed by atoms with Crippen LogP contribution >= 0.6 is 0 Å². The van der Waals surface area contributed by atoms with Crippen LogP contribution < -0.4 is 10.6 Å². The van der Waals surface area contributed by atoms with Gasteiger partial charge in [-0.1, -0.05) is 30.3 Å². The number of hydrogen-bond donors (Lipinski definition) is 2. The number of para-hydroxylation sites is 1. The summed E-state index contributed by atoms with van der Waals surface area (Å²) >= 11 is 0. The Morgan fingerprint density at radius 2 is 1.62 bits per heavy atom. The van der Waals surface area contributed by atoms with Crippen molar-refractivity contribution in [2.75, 3.05) is 5.32 Å². The molecule has 4 heteroatoms. The predicted molar refractivity (Wildman–Crippen MR) is 82.5 cm³/mol. The number of anilines is 1. The molecule has 0 saturated carbocycles. The summed E-state index contributed by atoms with van der Waals surface area (Å²) in [6.45, 7) is 3.75. The minimum absolute atomic E-state index is 0.0397. The third kappa shape index (κ3) is 4.39. The van der Waals surface area contributed by atoms with E-state index in [0.29, 0.717) is 0 Å². The first kappa shape index (κ1) is 15.2. The van der Waals surface area contributed by atoms with Gasteiger partial charge in [0.2, 0.25) is 5.91 Å². The molecule has 0 aliphatic carbocycles. The van der Waals surface area contributed by atoms with Gasteiger partial charge in [-0.25, -0.2) is 4.39 Å². The molecule has 0 aromatic heterocycles. The Morgan fingerprint density at radius 3 is 2.24 bits per heavy atom. The van der Waals surface area contributed by atoms with Gasteiger partial charge in [-0.05, 0) is 43.7 Å². The van der Waals surface area contributed by atoms with Crippen molar-refractivity contribution in [3.63, 3.8) is 0 Å². The van der Waals surface area contributed by atoms with Crippen LogP contribution in [0.5, 0.6) is 0 Å². The van der Waals surface area contributed by atoms with Crippen LogP contribution in [0, 0.1) is 5.82 Å². The second-order valence-corrected chi connectivity index (χ2v) is 5.02. The van der Waals surface area contributed by atoms with Gasteiger partial charge in [0.1, 0.15) is 5.82 Å². The molecule has 2 N–H and O–H groups in total. The summed E-state index contributed by atoms with van der Waals surface area (Å²) in [6, 6.07) is 15.2. The third-order valence-electron chi connectivity index (χ3n) is 3.30. The molecule has 3 nitrogen and oxygen atoms in total. The highest BCUT2D eigenvalue weighted by atomic mass is 19.1. The van der Waals surface area contributed by atoms with Crippen LogP contribution in [0.3, 0.4) is 0 Å². The zero-order chi connectivity index (χ0) is 15.2. The fourth-order valence-corrected chi connectivity index (χ4v) is 2.07. The first-order chi connectivity index (χ1) is 10.1. The van der Waals surface area contributed by atoms with Crippen molar-refractivity contribution >= 4 is 11.6 Å². The number of hydrogen-bond acceptors (Lipinski definition) is 2. The lowest BCUT2D eigenvalue weighted by molar-refractivity contribution is -0.117.